The van der Waals surface area contributed by atoms with Crippen LogP contribution in [0.1, 0.15) is 40.9 Å². The smallest absolute Gasteiger partial charge is 0.276 e. The van der Waals surface area contributed by atoms with Gasteiger partial charge in [-0.25, -0.2) is 13.1 Å². The molecule has 0 saturated carbocycles. The maximum atomic E-state index is 12.8. The van der Waals surface area contributed by atoms with Gasteiger partial charge in [-0.05, 0) is 49.9 Å². The van der Waals surface area contributed by atoms with Gasteiger partial charge in [0.15, 0.2) is 11.3 Å². The van der Waals surface area contributed by atoms with Crippen LogP contribution >= 0.6 is 0 Å². The number of nitrogens with one attached hydrogen (secondary N) is 1. The maximum absolute atomic E-state index is 12.8. The third-order valence-corrected chi connectivity index (χ3v) is 6.55. The largest absolute Gasteiger partial charge is 0.355 e. The number of hydrogen-bond acceptors (Lipinski definition) is 5. The topological polar surface area (TPSA) is 92.5 Å². The van der Waals surface area contributed by atoms with Crippen molar-refractivity contribution < 1.29 is 17.7 Å². The van der Waals surface area contributed by atoms with Crippen molar-refractivity contribution in [3.63, 3.8) is 0 Å². The number of nitrogens with zero attached hydrogens (tertiary/aromatic N) is 2. The van der Waals surface area contributed by atoms with Crippen LogP contribution in [0.4, 0.5) is 0 Å². The number of carbonyl (C=O) groups excluding carboxylic acids is 1. The highest BCUT2D eigenvalue weighted by atomic mass is 32.2. The summed E-state index contributed by atoms with van der Waals surface area (Å²) < 4.78 is 33.4. The second-order valence-corrected chi connectivity index (χ2v) is 9.12. The summed E-state index contributed by atoms with van der Waals surface area (Å²) in [5.41, 5.74) is 2.50. The van der Waals surface area contributed by atoms with Crippen LogP contribution in [0.25, 0.3) is 11.0 Å². The first-order chi connectivity index (χ1) is 13.9. The van der Waals surface area contributed by atoms with E-state index in [1.54, 1.807) is 4.90 Å². The minimum Gasteiger partial charge on any atom is -0.355 e. The number of fused-ring (bicyclic) bond motifs is 1. The molecule has 8 heteroatoms. The van der Waals surface area contributed by atoms with Crippen LogP contribution in [0.5, 0.6) is 0 Å². The molecule has 1 amide bonds. The van der Waals surface area contributed by atoms with Gasteiger partial charge in [-0.3, -0.25) is 4.79 Å². The number of rotatable bonds is 5. The van der Waals surface area contributed by atoms with Crippen molar-refractivity contribution in [1.29, 1.82) is 0 Å². The number of carbonyl (C=O) groups is 1. The van der Waals surface area contributed by atoms with E-state index >= 15 is 0 Å². The van der Waals surface area contributed by atoms with Crippen LogP contribution in [-0.4, -0.2) is 37.5 Å². The zero-order chi connectivity index (χ0) is 20.4. The summed E-state index contributed by atoms with van der Waals surface area (Å²) in [6.07, 6.45) is 3.03. The van der Waals surface area contributed by atoms with Crippen LogP contribution in [0.2, 0.25) is 0 Å². The Hall–Kier alpha value is -2.71. The summed E-state index contributed by atoms with van der Waals surface area (Å²) in [6, 6.07) is 12.1. The van der Waals surface area contributed by atoms with Gasteiger partial charge in [0, 0.05) is 19.6 Å². The van der Waals surface area contributed by atoms with Crippen molar-refractivity contribution in [3.05, 3.63) is 59.3 Å². The number of hydrogen-bond donors (Lipinski definition) is 1. The molecule has 0 bridgehead atoms. The summed E-state index contributed by atoms with van der Waals surface area (Å²) in [4.78, 5) is 14.6. The molecule has 0 atom stereocenters. The average Bonchev–Trinajstić information content (AvgIpc) is 3.16. The lowest BCUT2D eigenvalue weighted by Crippen LogP contribution is -2.35. The molecule has 29 heavy (non-hydrogen) atoms. The minimum absolute atomic E-state index is 0.0774. The molecule has 2 aromatic carbocycles. The Morgan fingerprint density at radius 1 is 1.14 bits per heavy atom. The fourth-order valence-electron chi connectivity index (χ4n) is 3.57. The molecule has 0 spiro atoms. The lowest BCUT2D eigenvalue weighted by molar-refractivity contribution is 0.0716. The van der Waals surface area contributed by atoms with Gasteiger partial charge >= 0.3 is 0 Å². The molecule has 3 aromatic rings. The summed E-state index contributed by atoms with van der Waals surface area (Å²) in [5, 5.41) is 4.33. The molecular formula is C21H23N3O4S. The van der Waals surface area contributed by atoms with E-state index in [9.17, 15) is 13.2 Å². The summed E-state index contributed by atoms with van der Waals surface area (Å²) in [7, 11) is -3.75. The first-order valence-corrected chi connectivity index (χ1v) is 11.2. The van der Waals surface area contributed by atoms with E-state index in [0.717, 1.165) is 30.4 Å². The number of piperidine rings is 1. The van der Waals surface area contributed by atoms with Crippen molar-refractivity contribution in [2.45, 2.75) is 37.6 Å². The van der Waals surface area contributed by atoms with Crippen LogP contribution in [0.15, 0.2) is 51.9 Å². The molecule has 4 rings (SSSR count). The van der Waals surface area contributed by atoms with Crippen LogP contribution in [0.3, 0.4) is 0 Å². The van der Waals surface area contributed by atoms with Gasteiger partial charge in [-0.15, -0.1) is 0 Å². The predicted molar refractivity (Wildman–Crippen MR) is 109 cm³/mol. The standard InChI is InChI=1S/C21H23N3O4S/c1-15-6-5-7-16(12-15)14-22-29(26,27)17-8-9-19-18(13-17)20(23-28-19)21(25)24-10-3-2-4-11-24/h5-9,12-13,22H,2-4,10-11,14H2,1H3. The summed E-state index contributed by atoms with van der Waals surface area (Å²) >= 11 is 0. The van der Waals surface area contributed by atoms with Crippen molar-refractivity contribution in [1.82, 2.24) is 14.8 Å². The summed E-state index contributed by atoms with van der Waals surface area (Å²) in [6.45, 7) is 3.51. The zero-order valence-electron chi connectivity index (χ0n) is 16.2. The second kappa shape index (κ2) is 7.96. The molecule has 0 radical (unpaired) electrons. The first-order valence-electron chi connectivity index (χ1n) is 9.68. The molecular weight excluding hydrogens is 390 g/mol. The molecule has 0 aliphatic carbocycles. The van der Waals surface area contributed by atoms with Gasteiger partial charge in [-0.1, -0.05) is 35.0 Å². The molecule has 152 valence electrons. The minimum atomic E-state index is -3.75. The molecule has 1 aromatic heterocycles. The predicted octanol–water partition coefficient (Wildman–Crippen LogP) is 3.24. The van der Waals surface area contributed by atoms with Crippen molar-refractivity contribution >= 4 is 26.9 Å². The number of benzene rings is 2. The zero-order valence-corrected chi connectivity index (χ0v) is 17.0. The van der Waals surface area contributed by atoms with E-state index in [-0.39, 0.29) is 23.0 Å². The lowest BCUT2D eigenvalue weighted by atomic mass is 10.1. The number of aryl methyl sites for hydroxylation is 1. The maximum Gasteiger partial charge on any atom is 0.276 e. The van der Waals surface area contributed by atoms with E-state index in [1.165, 1.54) is 18.2 Å². The Balaban J connectivity index is 1.59. The number of sulfonamides is 1. The van der Waals surface area contributed by atoms with Crippen LogP contribution < -0.4 is 4.72 Å². The lowest BCUT2D eigenvalue weighted by Gasteiger charge is -2.25. The molecule has 0 unspecified atom stereocenters. The molecule has 1 saturated heterocycles. The van der Waals surface area contributed by atoms with Gasteiger partial charge in [0.2, 0.25) is 10.0 Å². The Kier molecular flexibility index (Phi) is 5.38. The van der Waals surface area contributed by atoms with Crippen molar-refractivity contribution in [2.24, 2.45) is 0 Å². The van der Waals surface area contributed by atoms with Crippen LogP contribution in [0, 0.1) is 6.92 Å². The SMILES string of the molecule is Cc1cccc(CNS(=O)(=O)c2ccc3onc(C(=O)N4CCCCC4)c3c2)c1. The number of likely N-dealkylation sites (tertiary alicyclic amines) is 1. The number of aromatic nitrogens is 1. The highest BCUT2D eigenvalue weighted by Gasteiger charge is 2.25. The van der Waals surface area contributed by atoms with Gasteiger partial charge < -0.3 is 9.42 Å². The van der Waals surface area contributed by atoms with Crippen molar-refractivity contribution in [2.75, 3.05) is 13.1 Å². The molecule has 1 N–H and O–H groups in total. The van der Waals surface area contributed by atoms with Gasteiger partial charge in [0.25, 0.3) is 5.91 Å². The Labute approximate surface area is 169 Å². The Morgan fingerprint density at radius 3 is 2.69 bits per heavy atom. The fraction of sp³-hybridized carbons (Fsp3) is 0.333. The van der Waals surface area contributed by atoms with Crippen molar-refractivity contribution in [3.8, 4) is 0 Å². The van der Waals surface area contributed by atoms with Gasteiger partial charge in [0.1, 0.15) is 0 Å². The van der Waals surface area contributed by atoms with E-state index in [4.69, 9.17) is 4.52 Å². The Bertz CT molecular complexity index is 1150. The average molecular weight is 413 g/mol. The monoisotopic (exact) mass is 413 g/mol. The van der Waals surface area contributed by atoms with Gasteiger partial charge in [0.05, 0.1) is 10.3 Å². The summed E-state index contributed by atoms with van der Waals surface area (Å²) in [5.74, 6) is -0.217. The van der Waals surface area contributed by atoms with Crippen LogP contribution in [-0.2, 0) is 16.6 Å². The van der Waals surface area contributed by atoms with E-state index in [1.807, 2.05) is 31.2 Å². The highest BCUT2D eigenvalue weighted by molar-refractivity contribution is 7.89. The highest BCUT2D eigenvalue weighted by Crippen LogP contribution is 2.24. The fourth-order valence-corrected chi connectivity index (χ4v) is 4.61. The van der Waals surface area contributed by atoms with Gasteiger partial charge in [-0.2, -0.15) is 0 Å². The van der Waals surface area contributed by atoms with E-state index < -0.39 is 10.0 Å². The third kappa shape index (κ3) is 4.18. The molecule has 2 heterocycles. The normalized spacial score (nSPS) is 15.0. The third-order valence-electron chi connectivity index (χ3n) is 5.15. The Morgan fingerprint density at radius 2 is 1.93 bits per heavy atom. The van der Waals surface area contributed by atoms with E-state index in [0.29, 0.717) is 24.1 Å². The molecule has 1 fully saturated rings. The second-order valence-electron chi connectivity index (χ2n) is 7.36. The molecule has 1 aliphatic heterocycles. The first kappa shape index (κ1) is 19.6. The van der Waals surface area contributed by atoms with E-state index in [2.05, 4.69) is 9.88 Å². The molecule has 1 aliphatic rings. The number of amides is 1. The molecule has 7 nitrogen and oxygen atoms in total. The quantitative estimate of drug-likeness (QED) is 0.693.